The normalized spacial score (nSPS) is 9.78. The van der Waals surface area contributed by atoms with Crippen molar-refractivity contribution in [2.45, 2.75) is 26.2 Å². The molecule has 0 aliphatic heterocycles. The molecule has 1 aromatic heterocycles. The van der Waals surface area contributed by atoms with Crippen LogP contribution in [-0.4, -0.2) is 33.3 Å². The lowest BCUT2D eigenvalue weighted by Gasteiger charge is -2.08. The molecule has 1 aromatic carbocycles. The summed E-state index contributed by atoms with van der Waals surface area (Å²) < 4.78 is 1.65. The summed E-state index contributed by atoms with van der Waals surface area (Å²) in [4.78, 5) is 25.5. The molecule has 0 unspecified atom stereocenters. The molecule has 124 valence electrons. The van der Waals surface area contributed by atoms with Gasteiger partial charge < -0.3 is 16.2 Å². The summed E-state index contributed by atoms with van der Waals surface area (Å²) in [5, 5.41) is 10.1. The Morgan fingerprint density at radius 1 is 1.43 bits per heavy atom. The first kappa shape index (κ1) is 18.2. The third-order valence-electron chi connectivity index (χ3n) is 2.97. The molecule has 4 N–H and O–H groups in total. The van der Waals surface area contributed by atoms with E-state index in [1.54, 1.807) is 10.6 Å². The molecule has 2 amide bonds. The summed E-state index contributed by atoms with van der Waals surface area (Å²) in [6.07, 6.45) is 3.05. The minimum absolute atomic E-state index is 0.112. The number of allylic oxidation sites excluding steroid dienone is 1. The molecule has 7 heteroatoms. The molecular weight excluding hydrogens is 296 g/mol. The molecule has 0 fully saturated rings. The first-order valence-corrected chi connectivity index (χ1v) is 7.35. The minimum atomic E-state index is -1.33. The van der Waals surface area contributed by atoms with Crippen LogP contribution in [0.15, 0.2) is 36.9 Å². The van der Waals surface area contributed by atoms with Crippen LogP contribution in [0.4, 0.5) is 9.59 Å². The van der Waals surface area contributed by atoms with E-state index in [4.69, 9.17) is 9.90 Å². The quantitative estimate of drug-likeness (QED) is 0.581. The summed E-state index contributed by atoms with van der Waals surface area (Å²) in [6.45, 7) is 6.51. The number of para-hydroxylation sites is 2. The van der Waals surface area contributed by atoms with Gasteiger partial charge in [0.1, 0.15) is 5.82 Å². The van der Waals surface area contributed by atoms with Crippen molar-refractivity contribution < 1.29 is 14.7 Å². The number of fused-ring (bicyclic) bond motifs is 1. The molecular formula is C16H22N4O3. The Hall–Kier alpha value is -2.83. The zero-order chi connectivity index (χ0) is 17.2. The number of nitrogens with zero attached hydrogens (tertiary/aromatic N) is 2. The summed E-state index contributed by atoms with van der Waals surface area (Å²) in [5.41, 5.74) is 5.71. The second-order valence-corrected chi connectivity index (χ2v) is 4.77. The fourth-order valence-corrected chi connectivity index (χ4v) is 2.02. The van der Waals surface area contributed by atoms with Crippen LogP contribution in [0.25, 0.3) is 11.0 Å². The molecule has 7 nitrogen and oxygen atoms in total. The van der Waals surface area contributed by atoms with E-state index in [1.165, 1.54) is 0 Å². The van der Waals surface area contributed by atoms with E-state index in [0.29, 0.717) is 13.0 Å². The van der Waals surface area contributed by atoms with E-state index >= 15 is 0 Å². The lowest BCUT2D eigenvalue weighted by molar-refractivity contribution is 0.205. The van der Waals surface area contributed by atoms with Gasteiger partial charge in [-0.25, -0.2) is 19.1 Å². The van der Waals surface area contributed by atoms with E-state index in [1.807, 2.05) is 24.3 Å². The number of hydrogen-bond donors (Lipinski definition) is 3. The number of rotatable bonds is 5. The number of nitrogens with one attached hydrogen (secondary N) is 1. The molecule has 0 bridgehead atoms. The van der Waals surface area contributed by atoms with Crippen LogP contribution in [0, 0.1) is 0 Å². The highest BCUT2D eigenvalue weighted by atomic mass is 16.4. The number of hydrogen-bond acceptors (Lipinski definition) is 3. The van der Waals surface area contributed by atoms with Gasteiger partial charge in [-0.3, -0.25) is 0 Å². The van der Waals surface area contributed by atoms with Crippen LogP contribution in [0.3, 0.4) is 0 Å². The third-order valence-corrected chi connectivity index (χ3v) is 2.97. The highest BCUT2D eigenvalue weighted by molar-refractivity contribution is 5.90. The van der Waals surface area contributed by atoms with Gasteiger partial charge in [0.15, 0.2) is 0 Å². The molecule has 0 aliphatic carbocycles. The monoisotopic (exact) mass is 318 g/mol. The number of amides is 2. The highest BCUT2D eigenvalue weighted by Gasteiger charge is 2.14. The Kier molecular flexibility index (Phi) is 7.32. The summed E-state index contributed by atoms with van der Waals surface area (Å²) >= 11 is 0. The molecule has 0 radical (unpaired) electrons. The first-order valence-electron chi connectivity index (χ1n) is 7.35. The van der Waals surface area contributed by atoms with Crippen LogP contribution in [-0.2, 0) is 6.42 Å². The molecule has 1 heterocycles. The predicted molar refractivity (Wildman–Crippen MR) is 89.6 cm³/mol. The maximum absolute atomic E-state index is 12.3. The van der Waals surface area contributed by atoms with Gasteiger partial charge in [0.05, 0.1) is 11.0 Å². The van der Waals surface area contributed by atoms with Crippen LogP contribution in [0.2, 0.25) is 0 Å². The maximum atomic E-state index is 12.3. The van der Waals surface area contributed by atoms with Crippen molar-refractivity contribution in [3.8, 4) is 0 Å². The zero-order valence-corrected chi connectivity index (χ0v) is 13.2. The fraction of sp³-hybridized carbons (Fsp3) is 0.312. The van der Waals surface area contributed by atoms with E-state index in [2.05, 4.69) is 29.5 Å². The number of carbonyl (C=O) groups is 2. The van der Waals surface area contributed by atoms with Gasteiger partial charge in [0.2, 0.25) is 0 Å². The van der Waals surface area contributed by atoms with Crippen molar-refractivity contribution in [3.05, 3.63) is 42.7 Å². The number of primary amides is 1. The highest BCUT2D eigenvalue weighted by Crippen LogP contribution is 2.16. The molecule has 23 heavy (non-hydrogen) atoms. The van der Waals surface area contributed by atoms with Crippen molar-refractivity contribution in [1.29, 1.82) is 0 Å². The molecule has 0 saturated heterocycles. The topological polar surface area (TPSA) is 110 Å². The summed E-state index contributed by atoms with van der Waals surface area (Å²) in [7, 11) is 0. The van der Waals surface area contributed by atoms with Gasteiger partial charge in [-0.2, -0.15) is 0 Å². The Balaban J connectivity index is 0.000000593. The van der Waals surface area contributed by atoms with Gasteiger partial charge in [-0.1, -0.05) is 31.6 Å². The van der Waals surface area contributed by atoms with Gasteiger partial charge in [-0.15, -0.1) is 6.58 Å². The number of imidazole rings is 1. The second-order valence-electron chi connectivity index (χ2n) is 4.77. The lowest BCUT2D eigenvalue weighted by atomic mass is 10.3. The van der Waals surface area contributed by atoms with Crippen molar-refractivity contribution >= 4 is 23.2 Å². The van der Waals surface area contributed by atoms with Crippen molar-refractivity contribution in [1.82, 2.24) is 14.9 Å². The summed E-state index contributed by atoms with van der Waals surface area (Å²) in [6, 6.07) is 7.55. The summed E-state index contributed by atoms with van der Waals surface area (Å²) in [5.74, 6) is 0.727. The number of carboxylic acid groups (broad SMARTS) is 1. The Labute approximate surface area is 134 Å². The Bertz CT molecular complexity index is 675. The van der Waals surface area contributed by atoms with E-state index < -0.39 is 6.09 Å². The SMILES string of the molecule is C=CCc1nc2ccccc2n1C(=O)NCCCC.NC(=O)O. The molecule has 0 saturated carbocycles. The molecule has 2 aromatic rings. The van der Waals surface area contributed by atoms with Crippen LogP contribution >= 0.6 is 0 Å². The van der Waals surface area contributed by atoms with Crippen LogP contribution in [0.5, 0.6) is 0 Å². The standard InChI is InChI=1S/C15H19N3O.CH3NO2/c1-3-5-11-16-15(19)18-13-10-7-6-9-12(13)17-14(18)8-4-2;2-1(3)4/h4,6-7,9-10H,2-3,5,8,11H2,1H3,(H,16,19);2H2,(H,3,4). The number of nitrogens with two attached hydrogens (primary N) is 1. The molecule has 2 rings (SSSR count). The van der Waals surface area contributed by atoms with Crippen molar-refractivity contribution in [2.75, 3.05) is 6.54 Å². The third kappa shape index (κ3) is 5.46. The van der Waals surface area contributed by atoms with E-state index in [-0.39, 0.29) is 6.03 Å². The first-order chi connectivity index (χ1) is 11.0. The predicted octanol–water partition coefficient (Wildman–Crippen LogP) is 2.75. The molecule has 0 atom stereocenters. The van der Waals surface area contributed by atoms with E-state index in [9.17, 15) is 4.79 Å². The Morgan fingerprint density at radius 2 is 2.09 bits per heavy atom. The molecule has 0 aliphatic rings. The van der Waals surface area contributed by atoms with Crippen LogP contribution in [0.1, 0.15) is 25.6 Å². The van der Waals surface area contributed by atoms with Gasteiger partial charge in [0.25, 0.3) is 0 Å². The zero-order valence-electron chi connectivity index (χ0n) is 13.2. The average Bonchev–Trinajstić information content (AvgIpc) is 2.85. The maximum Gasteiger partial charge on any atom is 0.402 e. The van der Waals surface area contributed by atoms with Gasteiger partial charge in [-0.05, 0) is 18.6 Å². The van der Waals surface area contributed by atoms with Crippen LogP contribution < -0.4 is 11.1 Å². The average molecular weight is 318 g/mol. The smallest absolute Gasteiger partial charge is 0.402 e. The Morgan fingerprint density at radius 3 is 2.70 bits per heavy atom. The van der Waals surface area contributed by atoms with Gasteiger partial charge in [0, 0.05) is 13.0 Å². The number of benzene rings is 1. The lowest BCUT2D eigenvalue weighted by Crippen LogP contribution is -2.30. The number of carbonyl (C=O) groups excluding carboxylic acids is 1. The van der Waals surface area contributed by atoms with Gasteiger partial charge >= 0.3 is 12.1 Å². The molecule has 0 spiro atoms. The minimum Gasteiger partial charge on any atom is -0.465 e. The van der Waals surface area contributed by atoms with Crippen molar-refractivity contribution in [3.63, 3.8) is 0 Å². The second kappa shape index (κ2) is 9.24. The van der Waals surface area contributed by atoms with Crippen molar-refractivity contribution in [2.24, 2.45) is 5.73 Å². The van der Waals surface area contributed by atoms with E-state index in [0.717, 1.165) is 29.7 Å². The largest absolute Gasteiger partial charge is 0.465 e. The number of aromatic nitrogens is 2. The fourth-order valence-electron chi connectivity index (χ4n) is 2.02. The number of unbranched alkanes of at least 4 members (excludes halogenated alkanes) is 1.